The van der Waals surface area contributed by atoms with Gasteiger partial charge in [0.1, 0.15) is 0 Å². The van der Waals surface area contributed by atoms with Crippen LogP contribution in [0.3, 0.4) is 0 Å². The lowest BCUT2D eigenvalue weighted by Crippen LogP contribution is -2.62. The number of likely N-dealkylation sites (N-methyl/N-ethyl adjacent to an activating group) is 1. The molecule has 0 spiro atoms. The Balaban J connectivity index is 1.35. The fourth-order valence-electron chi connectivity index (χ4n) is 8.67. The maximum atomic E-state index is 12.3. The van der Waals surface area contributed by atoms with Crippen molar-refractivity contribution >= 4 is 0 Å². The molecule has 4 heteroatoms. The van der Waals surface area contributed by atoms with Gasteiger partial charge in [0.05, 0.1) is 30.8 Å². The minimum absolute atomic E-state index is 0.0191. The molecule has 1 aromatic heterocycles. The second-order valence-electron chi connectivity index (χ2n) is 11.4. The van der Waals surface area contributed by atoms with Crippen LogP contribution in [0, 0.1) is 28.6 Å². The van der Waals surface area contributed by atoms with E-state index in [0.29, 0.717) is 29.3 Å². The van der Waals surface area contributed by atoms with Crippen LogP contribution in [-0.2, 0) is 4.74 Å². The third-order valence-corrected chi connectivity index (χ3v) is 10.5. The molecule has 0 bridgehead atoms. The molecule has 30 heavy (non-hydrogen) atoms. The fourth-order valence-corrected chi connectivity index (χ4v) is 8.67. The Morgan fingerprint density at radius 1 is 1.10 bits per heavy atom. The van der Waals surface area contributed by atoms with E-state index in [1.54, 1.807) is 6.26 Å². The second kappa shape index (κ2) is 7.64. The maximum Gasteiger partial charge on any atom is 0.0937 e. The zero-order chi connectivity index (χ0) is 21.0. The predicted octanol–water partition coefficient (Wildman–Crippen LogP) is 5.13. The number of ether oxygens (including phenoxy) is 1. The molecule has 4 saturated carbocycles. The van der Waals surface area contributed by atoms with Gasteiger partial charge in [0.15, 0.2) is 0 Å². The van der Waals surface area contributed by atoms with Crippen LogP contribution in [0.25, 0.3) is 0 Å². The standard InChI is InChI=1S/C26H41NO3/c1-24-10-6-20(30-15-13-27-3)16-19(24)4-5-23-22(24)7-11-25(2)21(8-12-26(23,25)28)18-9-14-29-17-18/h9,14,17,19-23,27-28H,4-8,10-13,15-16H2,1-3H3/t19-,20+,21-,22+,23-,24+,25-,26+/m1/s1. The summed E-state index contributed by atoms with van der Waals surface area (Å²) < 4.78 is 11.6. The highest BCUT2D eigenvalue weighted by Crippen LogP contribution is 2.70. The minimum atomic E-state index is -0.522. The van der Waals surface area contributed by atoms with E-state index >= 15 is 0 Å². The van der Waals surface area contributed by atoms with Gasteiger partial charge in [-0.2, -0.15) is 0 Å². The summed E-state index contributed by atoms with van der Waals surface area (Å²) in [5.41, 5.74) is 1.13. The molecular formula is C26H41NO3. The smallest absolute Gasteiger partial charge is 0.0937 e. The zero-order valence-corrected chi connectivity index (χ0v) is 19.2. The summed E-state index contributed by atoms with van der Waals surface area (Å²) in [5.74, 6) is 2.31. The van der Waals surface area contributed by atoms with Gasteiger partial charge in [-0.05, 0) is 106 Å². The van der Waals surface area contributed by atoms with Crippen molar-refractivity contribution in [3.63, 3.8) is 0 Å². The van der Waals surface area contributed by atoms with Crippen LogP contribution in [0.15, 0.2) is 23.0 Å². The van der Waals surface area contributed by atoms with Crippen molar-refractivity contribution in [1.82, 2.24) is 5.32 Å². The van der Waals surface area contributed by atoms with Gasteiger partial charge < -0.3 is 19.6 Å². The van der Waals surface area contributed by atoms with Crippen molar-refractivity contribution in [2.45, 2.75) is 89.3 Å². The SMILES string of the molecule is CNCCO[C@H]1CC[C@@]2(C)[C@H](CC[C@@H]3[C@@H]2CC[C@]2(C)[C@@H](c4ccoc4)CC[C@]32O)C1. The van der Waals surface area contributed by atoms with Gasteiger partial charge >= 0.3 is 0 Å². The first-order valence-electron chi connectivity index (χ1n) is 12.4. The molecule has 0 aromatic carbocycles. The molecule has 0 radical (unpaired) electrons. The Bertz CT molecular complexity index is 735. The highest BCUT2D eigenvalue weighted by Gasteiger charge is 2.67. The van der Waals surface area contributed by atoms with E-state index < -0.39 is 5.60 Å². The van der Waals surface area contributed by atoms with E-state index in [2.05, 4.69) is 25.2 Å². The average Bonchev–Trinajstić information content (AvgIpc) is 3.34. The van der Waals surface area contributed by atoms with Crippen LogP contribution >= 0.6 is 0 Å². The van der Waals surface area contributed by atoms with Gasteiger partial charge in [0.2, 0.25) is 0 Å². The van der Waals surface area contributed by atoms with Crippen molar-refractivity contribution < 1.29 is 14.3 Å². The second-order valence-corrected chi connectivity index (χ2v) is 11.4. The first-order valence-corrected chi connectivity index (χ1v) is 12.4. The Morgan fingerprint density at radius 2 is 1.97 bits per heavy atom. The Morgan fingerprint density at radius 3 is 2.73 bits per heavy atom. The quantitative estimate of drug-likeness (QED) is 0.655. The van der Waals surface area contributed by atoms with E-state index in [1.165, 1.54) is 44.1 Å². The Kier molecular flexibility index (Phi) is 5.35. The molecule has 2 N–H and O–H groups in total. The lowest BCUT2D eigenvalue weighted by atomic mass is 9.43. The van der Waals surface area contributed by atoms with E-state index in [4.69, 9.17) is 9.15 Å². The molecule has 4 aliphatic carbocycles. The molecule has 8 atom stereocenters. The van der Waals surface area contributed by atoms with E-state index in [9.17, 15) is 5.11 Å². The highest BCUT2D eigenvalue weighted by atomic mass is 16.5. The van der Waals surface area contributed by atoms with Crippen LogP contribution in [0.4, 0.5) is 0 Å². The lowest BCUT2D eigenvalue weighted by molar-refractivity contribution is -0.207. The molecule has 0 saturated heterocycles. The third kappa shape index (κ3) is 2.97. The van der Waals surface area contributed by atoms with Crippen LogP contribution in [-0.4, -0.2) is 37.0 Å². The number of fused-ring (bicyclic) bond motifs is 5. The lowest BCUT2D eigenvalue weighted by Gasteiger charge is -2.63. The largest absolute Gasteiger partial charge is 0.472 e. The summed E-state index contributed by atoms with van der Waals surface area (Å²) >= 11 is 0. The topological polar surface area (TPSA) is 54.6 Å². The van der Waals surface area contributed by atoms with Crippen LogP contribution in [0.2, 0.25) is 0 Å². The van der Waals surface area contributed by atoms with Crippen molar-refractivity contribution in [3.05, 3.63) is 24.2 Å². The summed E-state index contributed by atoms with van der Waals surface area (Å²) in [6.45, 7) is 6.71. The monoisotopic (exact) mass is 415 g/mol. The van der Waals surface area contributed by atoms with Gasteiger partial charge in [-0.25, -0.2) is 0 Å². The average molecular weight is 416 g/mol. The normalized spacial score (nSPS) is 48.1. The van der Waals surface area contributed by atoms with Crippen molar-refractivity contribution in [2.75, 3.05) is 20.2 Å². The minimum Gasteiger partial charge on any atom is -0.472 e. The number of hydrogen-bond acceptors (Lipinski definition) is 4. The number of hydrogen-bond donors (Lipinski definition) is 2. The Labute approximate surface area is 182 Å². The van der Waals surface area contributed by atoms with Gasteiger partial charge in [0.25, 0.3) is 0 Å². The van der Waals surface area contributed by atoms with Gasteiger partial charge in [-0.1, -0.05) is 13.8 Å². The first-order chi connectivity index (χ1) is 14.4. The fraction of sp³-hybridized carbons (Fsp3) is 0.846. The maximum absolute atomic E-state index is 12.3. The summed E-state index contributed by atoms with van der Waals surface area (Å²) in [4.78, 5) is 0. The molecule has 168 valence electrons. The third-order valence-electron chi connectivity index (χ3n) is 10.5. The van der Waals surface area contributed by atoms with E-state index in [1.807, 2.05) is 13.3 Å². The molecule has 4 aliphatic rings. The molecule has 0 amide bonds. The van der Waals surface area contributed by atoms with E-state index in [-0.39, 0.29) is 5.41 Å². The van der Waals surface area contributed by atoms with Gasteiger partial charge in [-0.15, -0.1) is 0 Å². The molecule has 4 fully saturated rings. The summed E-state index contributed by atoms with van der Waals surface area (Å²) in [7, 11) is 1.99. The molecule has 0 unspecified atom stereocenters. The van der Waals surface area contributed by atoms with Crippen LogP contribution in [0.1, 0.15) is 83.1 Å². The zero-order valence-electron chi connectivity index (χ0n) is 19.2. The number of nitrogens with one attached hydrogen (secondary N) is 1. The molecule has 0 aliphatic heterocycles. The summed E-state index contributed by atoms with van der Waals surface area (Å²) in [6, 6.07) is 2.13. The van der Waals surface area contributed by atoms with Crippen molar-refractivity contribution in [2.24, 2.45) is 28.6 Å². The molecule has 1 aromatic rings. The molecule has 5 rings (SSSR count). The molecular weight excluding hydrogens is 374 g/mol. The number of rotatable bonds is 5. The highest BCUT2D eigenvalue weighted by molar-refractivity contribution is 5.26. The number of furan rings is 1. The Hall–Kier alpha value is -0.840. The number of aliphatic hydroxyl groups is 1. The predicted molar refractivity (Wildman–Crippen MR) is 118 cm³/mol. The van der Waals surface area contributed by atoms with E-state index in [0.717, 1.165) is 38.3 Å². The molecule has 4 nitrogen and oxygen atoms in total. The van der Waals surface area contributed by atoms with Gasteiger partial charge in [-0.3, -0.25) is 0 Å². The van der Waals surface area contributed by atoms with Crippen LogP contribution in [0.5, 0.6) is 0 Å². The molecule has 1 heterocycles. The van der Waals surface area contributed by atoms with Crippen molar-refractivity contribution in [3.8, 4) is 0 Å². The van der Waals surface area contributed by atoms with Gasteiger partial charge in [0, 0.05) is 12.0 Å². The first kappa shape index (κ1) is 21.0. The summed E-state index contributed by atoms with van der Waals surface area (Å²) in [5, 5.41) is 15.5. The van der Waals surface area contributed by atoms with Crippen LogP contribution < -0.4 is 5.32 Å². The van der Waals surface area contributed by atoms with Crippen molar-refractivity contribution in [1.29, 1.82) is 0 Å². The summed E-state index contributed by atoms with van der Waals surface area (Å²) in [6.07, 6.45) is 14.7.